The van der Waals surface area contributed by atoms with Gasteiger partial charge in [0.05, 0.1) is 0 Å². The summed E-state index contributed by atoms with van der Waals surface area (Å²) in [7, 11) is 0. The zero-order chi connectivity index (χ0) is 20.8. The van der Waals surface area contributed by atoms with Gasteiger partial charge < -0.3 is 14.8 Å². The Morgan fingerprint density at radius 1 is 1.00 bits per heavy atom. The van der Waals surface area contributed by atoms with Crippen molar-refractivity contribution in [3.8, 4) is 5.75 Å². The van der Waals surface area contributed by atoms with Gasteiger partial charge in [0.2, 0.25) is 5.95 Å². The van der Waals surface area contributed by atoms with E-state index >= 15 is 0 Å². The average Bonchev–Trinajstić information content (AvgIpc) is 2.62. The molecule has 0 unspecified atom stereocenters. The third kappa shape index (κ3) is 6.83. The van der Waals surface area contributed by atoms with Crippen LogP contribution in [-0.4, -0.2) is 33.7 Å². The van der Waals surface area contributed by atoms with E-state index in [1.807, 2.05) is 57.4 Å². The number of hydrogen-bond acceptors (Lipinski definition) is 6. The Labute approximate surface area is 167 Å². The minimum atomic E-state index is -1.06. The molecule has 1 aromatic heterocycles. The molecule has 2 aromatic rings. The van der Waals surface area contributed by atoms with Crippen molar-refractivity contribution in [1.29, 1.82) is 0 Å². The third-order valence-electron chi connectivity index (χ3n) is 4.00. The first kappa shape index (κ1) is 21.7. The number of esters is 1. The van der Waals surface area contributed by atoms with Crippen molar-refractivity contribution < 1.29 is 14.3 Å². The van der Waals surface area contributed by atoms with E-state index in [4.69, 9.17) is 9.47 Å². The lowest BCUT2D eigenvalue weighted by molar-refractivity contribution is -0.170. The van der Waals surface area contributed by atoms with Crippen molar-refractivity contribution in [3.05, 3.63) is 47.8 Å². The fraction of sp³-hybridized carbons (Fsp3) is 0.500. The van der Waals surface area contributed by atoms with Crippen molar-refractivity contribution >= 4 is 11.9 Å². The first-order valence-electron chi connectivity index (χ1n) is 9.65. The van der Waals surface area contributed by atoms with E-state index in [0.29, 0.717) is 11.7 Å². The number of aryl methyl sites for hydroxylation is 1. The van der Waals surface area contributed by atoms with Crippen molar-refractivity contribution in [1.82, 2.24) is 9.97 Å². The lowest BCUT2D eigenvalue weighted by atomic mass is 10.1. The highest BCUT2D eigenvalue weighted by atomic mass is 16.6. The number of anilines is 1. The standard InChI is InChI=1S/C22H31N3O3/c1-7-16-14-24-20(25-15-16)23-13-12-17-8-10-18(11-9-17)27-22(5,6)19(26)28-21(2,3)4/h8-11,14-15H,7,12-13H2,1-6H3,(H,23,24,25). The molecule has 0 radical (unpaired) electrons. The predicted molar refractivity (Wildman–Crippen MR) is 111 cm³/mol. The van der Waals surface area contributed by atoms with E-state index in [9.17, 15) is 4.79 Å². The molecule has 1 aromatic carbocycles. The van der Waals surface area contributed by atoms with Crippen LogP contribution in [0.3, 0.4) is 0 Å². The van der Waals surface area contributed by atoms with Crippen LogP contribution in [0.1, 0.15) is 52.7 Å². The fourth-order valence-electron chi connectivity index (χ4n) is 2.41. The summed E-state index contributed by atoms with van der Waals surface area (Å²) in [4.78, 5) is 20.9. The Balaban J connectivity index is 1.85. The van der Waals surface area contributed by atoms with E-state index in [1.54, 1.807) is 13.8 Å². The molecule has 0 aliphatic rings. The SMILES string of the molecule is CCc1cnc(NCCc2ccc(OC(C)(C)C(=O)OC(C)(C)C)cc2)nc1. The van der Waals surface area contributed by atoms with Crippen LogP contribution in [-0.2, 0) is 22.4 Å². The van der Waals surface area contributed by atoms with Gasteiger partial charge in [0.1, 0.15) is 11.4 Å². The van der Waals surface area contributed by atoms with Gasteiger partial charge in [0.15, 0.2) is 5.60 Å². The van der Waals surface area contributed by atoms with E-state index in [2.05, 4.69) is 22.2 Å². The molecule has 6 nitrogen and oxygen atoms in total. The molecule has 0 spiro atoms. The Morgan fingerprint density at radius 3 is 2.14 bits per heavy atom. The van der Waals surface area contributed by atoms with E-state index in [1.165, 1.54) is 0 Å². The van der Waals surface area contributed by atoms with Gasteiger partial charge in [-0.1, -0.05) is 19.1 Å². The van der Waals surface area contributed by atoms with Gasteiger partial charge in [0, 0.05) is 18.9 Å². The van der Waals surface area contributed by atoms with Crippen LogP contribution in [0, 0.1) is 0 Å². The second-order valence-electron chi connectivity index (χ2n) is 8.20. The van der Waals surface area contributed by atoms with Crippen LogP contribution in [0.5, 0.6) is 5.75 Å². The summed E-state index contributed by atoms with van der Waals surface area (Å²) in [5.74, 6) is 0.879. The van der Waals surface area contributed by atoms with Crippen molar-refractivity contribution in [3.63, 3.8) is 0 Å². The van der Waals surface area contributed by atoms with Crippen molar-refractivity contribution in [2.45, 2.75) is 65.6 Å². The van der Waals surface area contributed by atoms with Gasteiger partial charge in [-0.05, 0) is 70.7 Å². The number of rotatable bonds is 8. The van der Waals surface area contributed by atoms with E-state index < -0.39 is 11.2 Å². The molecule has 2 rings (SSSR count). The molecule has 0 fully saturated rings. The van der Waals surface area contributed by atoms with Gasteiger partial charge in [-0.2, -0.15) is 0 Å². The van der Waals surface area contributed by atoms with Crippen molar-refractivity contribution in [2.75, 3.05) is 11.9 Å². The molecular formula is C22H31N3O3. The Hall–Kier alpha value is -2.63. The smallest absolute Gasteiger partial charge is 0.350 e. The first-order chi connectivity index (χ1) is 13.1. The number of nitrogens with one attached hydrogen (secondary N) is 1. The summed E-state index contributed by atoms with van der Waals surface area (Å²) < 4.78 is 11.3. The first-order valence-corrected chi connectivity index (χ1v) is 9.65. The fourth-order valence-corrected chi connectivity index (χ4v) is 2.41. The highest BCUT2D eigenvalue weighted by molar-refractivity contribution is 5.79. The lowest BCUT2D eigenvalue weighted by Crippen LogP contribution is -2.43. The molecule has 0 bridgehead atoms. The average molecular weight is 386 g/mol. The van der Waals surface area contributed by atoms with Crippen LogP contribution < -0.4 is 10.1 Å². The Morgan fingerprint density at radius 2 is 1.61 bits per heavy atom. The maximum Gasteiger partial charge on any atom is 0.350 e. The van der Waals surface area contributed by atoms with Crippen molar-refractivity contribution in [2.24, 2.45) is 0 Å². The Bertz CT molecular complexity index is 763. The zero-order valence-electron chi connectivity index (χ0n) is 17.7. The summed E-state index contributed by atoms with van der Waals surface area (Å²) in [6.07, 6.45) is 5.44. The minimum Gasteiger partial charge on any atom is -0.476 e. The quantitative estimate of drug-likeness (QED) is 0.687. The number of nitrogens with zero attached hydrogens (tertiary/aromatic N) is 2. The number of hydrogen-bond donors (Lipinski definition) is 1. The predicted octanol–water partition coefficient (Wildman–Crippen LogP) is 4.19. The summed E-state index contributed by atoms with van der Waals surface area (Å²) in [5, 5.41) is 3.22. The second-order valence-corrected chi connectivity index (χ2v) is 8.20. The highest BCUT2D eigenvalue weighted by Crippen LogP contribution is 2.22. The summed E-state index contributed by atoms with van der Waals surface area (Å²) in [5.41, 5.74) is 0.670. The van der Waals surface area contributed by atoms with E-state index in [0.717, 1.165) is 30.5 Å². The van der Waals surface area contributed by atoms with Gasteiger partial charge in [-0.25, -0.2) is 14.8 Å². The molecule has 0 saturated heterocycles. The van der Waals surface area contributed by atoms with E-state index in [-0.39, 0.29) is 5.97 Å². The van der Waals surface area contributed by atoms with Gasteiger partial charge in [-0.15, -0.1) is 0 Å². The molecular weight excluding hydrogens is 354 g/mol. The maximum atomic E-state index is 12.3. The largest absolute Gasteiger partial charge is 0.476 e. The monoisotopic (exact) mass is 385 g/mol. The molecule has 1 heterocycles. The third-order valence-corrected chi connectivity index (χ3v) is 4.00. The Kier molecular flexibility index (Phi) is 7.00. The van der Waals surface area contributed by atoms with Gasteiger partial charge in [0.25, 0.3) is 0 Å². The maximum absolute atomic E-state index is 12.3. The van der Waals surface area contributed by atoms with Crippen LogP contribution in [0.2, 0.25) is 0 Å². The topological polar surface area (TPSA) is 73.3 Å². The molecule has 28 heavy (non-hydrogen) atoms. The van der Waals surface area contributed by atoms with Gasteiger partial charge in [-0.3, -0.25) is 0 Å². The molecule has 1 N–H and O–H groups in total. The van der Waals surface area contributed by atoms with Crippen LogP contribution >= 0.6 is 0 Å². The zero-order valence-corrected chi connectivity index (χ0v) is 17.7. The summed E-state index contributed by atoms with van der Waals surface area (Å²) in [6.45, 7) is 11.8. The molecule has 6 heteroatoms. The summed E-state index contributed by atoms with van der Waals surface area (Å²) in [6, 6.07) is 7.72. The number of carbonyl (C=O) groups is 1. The number of ether oxygens (including phenoxy) is 2. The van der Waals surface area contributed by atoms with Gasteiger partial charge >= 0.3 is 5.97 Å². The molecule has 152 valence electrons. The second kappa shape index (κ2) is 9.04. The number of benzene rings is 1. The highest BCUT2D eigenvalue weighted by Gasteiger charge is 2.34. The normalized spacial score (nSPS) is 11.8. The van der Waals surface area contributed by atoms with Crippen LogP contribution in [0.15, 0.2) is 36.7 Å². The minimum absolute atomic E-state index is 0.387. The lowest BCUT2D eigenvalue weighted by Gasteiger charge is -2.29. The number of aromatic nitrogens is 2. The molecule has 0 atom stereocenters. The number of carbonyl (C=O) groups excluding carboxylic acids is 1. The molecule has 0 aliphatic heterocycles. The summed E-state index contributed by atoms with van der Waals surface area (Å²) >= 11 is 0. The van der Waals surface area contributed by atoms with Crippen LogP contribution in [0.4, 0.5) is 5.95 Å². The molecule has 0 amide bonds. The molecule has 0 aliphatic carbocycles. The van der Waals surface area contributed by atoms with Crippen LogP contribution in [0.25, 0.3) is 0 Å². The molecule has 0 saturated carbocycles.